The van der Waals surface area contributed by atoms with Crippen molar-refractivity contribution in [2.45, 2.75) is 33.2 Å². The van der Waals surface area contributed by atoms with E-state index in [1.165, 1.54) is 0 Å². The van der Waals surface area contributed by atoms with Crippen LogP contribution in [0.25, 0.3) is 0 Å². The number of aromatic nitrogens is 1. The van der Waals surface area contributed by atoms with E-state index in [0.29, 0.717) is 19.0 Å². The van der Waals surface area contributed by atoms with Gasteiger partial charge in [0.15, 0.2) is 0 Å². The highest BCUT2D eigenvalue weighted by atomic mass is 16.5. The first kappa shape index (κ1) is 19.9. The minimum Gasteiger partial charge on any atom is -0.439 e. The number of pyridine rings is 1. The third-order valence-electron chi connectivity index (χ3n) is 5.10. The van der Waals surface area contributed by atoms with Crippen LogP contribution in [0.2, 0.25) is 0 Å². The lowest BCUT2D eigenvalue weighted by atomic mass is 9.96. The first-order chi connectivity index (χ1) is 13.5. The molecule has 0 radical (unpaired) electrons. The monoisotopic (exact) mass is 377 g/mol. The summed E-state index contributed by atoms with van der Waals surface area (Å²) in [7, 11) is 0. The van der Waals surface area contributed by atoms with Crippen molar-refractivity contribution in [1.82, 2.24) is 15.2 Å². The molecular weight excluding hydrogens is 350 g/mol. The van der Waals surface area contributed by atoms with Crippen molar-refractivity contribution in [2.24, 2.45) is 5.92 Å². The number of likely N-dealkylation sites (tertiary alicyclic amines) is 1. The summed E-state index contributed by atoms with van der Waals surface area (Å²) in [5.74, 6) is 4.19. The lowest BCUT2D eigenvalue weighted by Gasteiger charge is -2.29. The quantitative estimate of drug-likeness (QED) is 0.784. The fourth-order valence-corrected chi connectivity index (χ4v) is 3.32. The molecule has 0 atom stereocenters. The highest BCUT2D eigenvalue weighted by Crippen LogP contribution is 2.24. The SMILES string of the molecule is C#CCN1CCC(C(=O)NCc2ccc(Oc3cc(C)ccc3C)nc2)CC1. The van der Waals surface area contributed by atoms with E-state index in [2.05, 4.69) is 27.2 Å². The van der Waals surface area contributed by atoms with Crippen LogP contribution in [-0.4, -0.2) is 35.4 Å². The molecule has 0 unspecified atom stereocenters. The summed E-state index contributed by atoms with van der Waals surface area (Å²) in [6.45, 7) is 6.94. The number of nitrogens with one attached hydrogen (secondary N) is 1. The number of hydrogen-bond acceptors (Lipinski definition) is 4. The Hall–Kier alpha value is -2.84. The lowest BCUT2D eigenvalue weighted by Crippen LogP contribution is -2.40. The molecule has 0 saturated carbocycles. The second kappa shape index (κ2) is 9.38. The Morgan fingerprint density at radius 3 is 2.75 bits per heavy atom. The molecule has 2 heterocycles. The number of nitrogens with zero attached hydrogens (tertiary/aromatic N) is 2. The average Bonchev–Trinajstić information content (AvgIpc) is 2.71. The molecule has 28 heavy (non-hydrogen) atoms. The van der Waals surface area contributed by atoms with Crippen molar-refractivity contribution in [1.29, 1.82) is 0 Å². The Labute approximate surface area is 167 Å². The van der Waals surface area contributed by atoms with Gasteiger partial charge in [0, 0.05) is 24.7 Å². The predicted molar refractivity (Wildman–Crippen MR) is 110 cm³/mol. The van der Waals surface area contributed by atoms with E-state index < -0.39 is 0 Å². The van der Waals surface area contributed by atoms with Gasteiger partial charge in [-0.15, -0.1) is 6.42 Å². The molecule has 3 rings (SSSR count). The van der Waals surface area contributed by atoms with E-state index in [1.54, 1.807) is 6.20 Å². The molecule has 1 N–H and O–H groups in total. The minimum absolute atomic E-state index is 0.0638. The van der Waals surface area contributed by atoms with Gasteiger partial charge in [-0.05, 0) is 62.5 Å². The van der Waals surface area contributed by atoms with Crippen LogP contribution in [0.4, 0.5) is 0 Å². The Balaban J connectivity index is 1.49. The zero-order chi connectivity index (χ0) is 19.9. The van der Waals surface area contributed by atoms with Gasteiger partial charge in [-0.3, -0.25) is 9.69 Å². The molecule has 1 aliphatic heterocycles. The smallest absolute Gasteiger partial charge is 0.223 e. The first-order valence-electron chi connectivity index (χ1n) is 9.68. The van der Waals surface area contributed by atoms with E-state index in [9.17, 15) is 4.79 Å². The summed E-state index contributed by atoms with van der Waals surface area (Å²) in [5.41, 5.74) is 3.16. The highest BCUT2D eigenvalue weighted by molar-refractivity contribution is 5.78. The van der Waals surface area contributed by atoms with Crippen LogP contribution >= 0.6 is 0 Å². The van der Waals surface area contributed by atoms with Gasteiger partial charge in [0.1, 0.15) is 5.75 Å². The van der Waals surface area contributed by atoms with Crippen molar-refractivity contribution in [3.05, 3.63) is 53.2 Å². The molecule has 1 aromatic heterocycles. The summed E-state index contributed by atoms with van der Waals surface area (Å²) in [6.07, 6.45) is 8.81. The zero-order valence-electron chi connectivity index (χ0n) is 16.6. The van der Waals surface area contributed by atoms with Crippen LogP contribution in [0.5, 0.6) is 11.6 Å². The fraction of sp³-hybridized carbons (Fsp3) is 0.391. The summed E-state index contributed by atoms with van der Waals surface area (Å²) in [5, 5.41) is 3.02. The maximum Gasteiger partial charge on any atom is 0.223 e. The van der Waals surface area contributed by atoms with Gasteiger partial charge < -0.3 is 10.1 Å². The van der Waals surface area contributed by atoms with Crippen molar-refractivity contribution in [3.8, 4) is 24.0 Å². The van der Waals surface area contributed by atoms with Crippen molar-refractivity contribution in [2.75, 3.05) is 19.6 Å². The number of piperidine rings is 1. The average molecular weight is 377 g/mol. The molecule has 5 nitrogen and oxygen atoms in total. The molecule has 0 spiro atoms. The summed E-state index contributed by atoms with van der Waals surface area (Å²) < 4.78 is 5.88. The molecule has 0 bridgehead atoms. The third kappa shape index (κ3) is 5.34. The topological polar surface area (TPSA) is 54.5 Å². The number of amides is 1. The Morgan fingerprint density at radius 1 is 1.29 bits per heavy atom. The molecule has 0 aliphatic carbocycles. The number of terminal acetylenes is 1. The van der Waals surface area contributed by atoms with Gasteiger partial charge in [-0.25, -0.2) is 4.98 Å². The molecule has 1 amide bonds. The van der Waals surface area contributed by atoms with E-state index in [1.807, 2.05) is 38.1 Å². The number of carbonyl (C=O) groups is 1. The largest absolute Gasteiger partial charge is 0.439 e. The van der Waals surface area contributed by atoms with Crippen molar-refractivity contribution in [3.63, 3.8) is 0 Å². The van der Waals surface area contributed by atoms with Gasteiger partial charge in [-0.1, -0.05) is 24.1 Å². The van der Waals surface area contributed by atoms with Gasteiger partial charge in [0.05, 0.1) is 6.54 Å². The van der Waals surface area contributed by atoms with Crippen LogP contribution < -0.4 is 10.1 Å². The molecule has 1 aliphatic rings. The lowest BCUT2D eigenvalue weighted by molar-refractivity contribution is -0.126. The second-order valence-electron chi connectivity index (χ2n) is 7.35. The zero-order valence-corrected chi connectivity index (χ0v) is 16.6. The van der Waals surface area contributed by atoms with E-state index in [4.69, 9.17) is 11.2 Å². The van der Waals surface area contributed by atoms with Gasteiger partial charge >= 0.3 is 0 Å². The second-order valence-corrected chi connectivity index (χ2v) is 7.35. The van der Waals surface area contributed by atoms with Crippen molar-refractivity contribution >= 4 is 5.91 Å². The Morgan fingerprint density at radius 2 is 2.07 bits per heavy atom. The number of carbonyl (C=O) groups excluding carboxylic acids is 1. The number of rotatable bonds is 6. The number of aryl methyl sites for hydroxylation is 2. The van der Waals surface area contributed by atoms with Crippen LogP contribution in [0.3, 0.4) is 0 Å². The molecule has 1 saturated heterocycles. The Kier molecular flexibility index (Phi) is 6.67. The summed E-state index contributed by atoms with van der Waals surface area (Å²) >= 11 is 0. The van der Waals surface area contributed by atoms with Crippen LogP contribution in [0.15, 0.2) is 36.5 Å². The Bertz CT molecular complexity index is 847. The molecule has 146 valence electrons. The predicted octanol–water partition coefficient (Wildman–Crippen LogP) is 3.45. The number of hydrogen-bond donors (Lipinski definition) is 1. The van der Waals surface area contributed by atoms with E-state index >= 15 is 0 Å². The number of ether oxygens (including phenoxy) is 1. The standard InChI is InChI=1S/C23H27N3O2/c1-4-11-26-12-9-20(10-13-26)23(27)25-16-19-7-8-22(24-15-19)28-21-14-17(2)5-6-18(21)3/h1,5-8,14-15,20H,9-13,16H2,2-3H3,(H,25,27). The van der Waals surface area contributed by atoms with Crippen LogP contribution in [0.1, 0.15) is 29.5 Å². The molecular formula is C23H27N3O2. The third-order valence-corrected chi connectivity index (χ3v) is 5.10. The fourth-order valence-electron chi connectivity index (χ4n) is 3.32. The highest BCUT2D eigenvalue weighted by Gasteiger charge is 2.24. The van der Waals surface area contributed by atoms with Crippen LogP contribution in [0, 0.1) is 32.1 Å². The molecule has 1 fully saturated rings. The van der Waals surface area contributed by atoms with E-state index in [-0.39, 0.29) is 11.8 Å². The van der Waals surface area contributed by atoms with Gasteiger partial charge in [-0.2, -0.15) is 0 Å². The number of benzene rings is 1. The van der Waals surface area contributed by atoms with Gasteiger partial charge in [0.2, 0.25) is 11.8 Å². The first-order valence-corrected chi connectivity index (χ1v) is 9.68. The maximum atomic E-state index is 12.4. The minimum atomic E-state index is 0.0638. The maximum absolute atomic E-state index is 12.4. The summed E-state index contributed by atoms with van der Waals surface area (Å²) in [6, 6.07) is 9.86. The summed E-state index contributed by atoms with van der Waals surface area (Å²) in [4.78, 5) is 19.0. The van der Waals surface area contributed by atoms with Crippen LogP contribution in [-0.2, 0) is 11.3 Å². The molecule has 5 heteroatoms. The molecule has 2 aromatic rings. The molecule has 1 aromatic carbocycles. The van der Waals surface area contributed by atoms with E-state index in [0.717, 1.165) is 48.4 Å². The van der Waals surface area contributed by atoms with Gasteiger partial charge in [0.25, 0.3) is 0 Å². The van der Waals surface area contributed by atoms with Crippen molar-refractivity contribution < 1.29 is 9.53 Å². The normalized spacial score (nSPS) is 15.0.